The summed E-state index contributed by atoms with van der Waals surface area (Å²) in [5.74, 6) is -1.13. The van der Waals surface area contributed by atoms with Crippen molar-refractivity contribution in [3.63, 3.8) is 0 Å². The third-order valence-electron chi connectivity index (χ3n) is 2.28. The SMILES string of the molecule is O=C(O)C=CC(=O)n1ccnc1-c1ccccc1. The summed E-state index contributed by atoms with van der Waals surface area (Å²) in [7, 11) is 0. The van der Waals surface area contributed by atoms with Gasteiger partial charge in [0.2, 0.25) is 0 Å². The molecule has 0 amide bonds. The third-order valence-corrected chi connectivity index (χ3v) is 2.28. The van der Waals surface area contributed by atoms with Gasteiger partial charge in [-0.2, -0.15) is 0 Å². The second-order valence-electron chi connectivity index (χ2n) is 3.50. The van der Waals surface area contributed by atoms with Gasteiger partial charge in [0.15, 0.2) is 0 Å². The van der Waals surface area contributed by atoms with Gasteiger partial charge in [0.25, 0.3) is 5.91 Å². The fourth-order valence-electron chi connectivity index (χ4n) is 1.50. The molecule has 1 heterocycles. The van der Waals surface area contributed by atoms with Gasteiger partial charge < -0.3 is 5.11 Å². The van der Waals surface area contributed by atoms with Crippen LogP contribution in [0.3, 0.4) is 0 Å². The van der Waals surface area contributed by atoms with Crippen LogP contribution < -0.4 is 0 Å². The molecule has 90 valence electrons. The highest BCUT2D eigenvalue weighted by molar-refractivity contribution is 5.97. The van der Waals surface area contributed by atoms with Crippen molar-refractivity contribution in [2.75, 3.05) is 0 Å². The van der Waals surface area contributed by atoms with E-state index in [0.29, 0.717) is 5.82 Å². The lowest BCUT2D eigenvalue weighted by Crippen LogP contribution is -2.08. The van der Waals surface area contributed by atoms with Crippen molar-refractivity contribution in [2.45, 2.75) is 0 Å². The maximum absolute atomic E-state index is 11.8. The number of rotatable bonds is 3. The molecule has 0 saturated heterocycles. The average molecular weight is 242 g/mol. The van der Waals surface area contributed by atoms with E-state index in [9.17, 15) is 9.59 Å². The normalized spacial score (nSPS) is 10.7. The van der Waals surface area contributed by atoms with Crippen LogP contribution in [0.4, 0.5) is 0 Å². The number of imidazole rings is 1. The molecule has 0 fully saturated rings. The smallest absolute Gasteiger partial charge is 0.328 e. The minimum absolute atomic E-state index is 0.450. The number of hydrogen-bond donors (Lipinski definition) is 1. The molecule has 0 radical (unpaired) electrons. The maximum Gasteiger partial charge on any atom is 0.328 e. The predicted octanol–water partition coefficient (Wildman–Crippen LogP) is 1.83. The van der Waals surface area contributed by atoms with E-state index in [4.69, 9.17) is 5.11 Å². The van der Waals surface area contributed by atoms with Crippen LogP contribution in [-0.4, -0.2) is 26.5 Å². The van der Waals surface area contributed by atoms with E-state index in [1.807, 2.05) is 30.3 Å². The van der Waals surface area contributed by atoms with E-state index >= 15 is 0 Å². The average Bonchev–Trinajstić information content (AvgIpc) is 2.86. The summed E-state index contributed by atoms with van der Waals surface area (Å²) >= 11 is 0. The summed E-state index contributed by atoms with van der Waals surface area (Å²) in [6.07, 6.45) is 4.79. The fourth-order valence-corrected chi connectivity index (χ4v) is 1.50. The Kier molecular flexibility index (Phi) is 3.33. The van der Waals surface area contributed by atoms with E-state index in [-0.39, 0.29) is 0 Å². The zero-order valence-electron chi connectivity index (χ0n) is 9.35. The maximum atomic E-state index is 11.8. The topological polar surface area (TPSA) is 72.2 Å². The van der Waals surface area contributed by atoms with Crippen molar-refractivity contribution in [2.24, 2.45) is 0 Å². The van der Waals surface area contributed by atoms with Crippen molar-refractivity contribution >= 4 is 11.9 Å². The van der Waals surface area contributed by atoms with Crippen molar-refractivity contribution in [1.29, 1.82) is 0 Å². The van der Waals surface area contributed by atoms with Crippen molar-refractivity contribution in [3.8, 4) is 11.4 Å². The lowest BCUT2D eigenvalue weighted by molar-refractivity contribution is -0.131. The highest BCUT2D eigenvalue weighted by Gasteiger charge is 2.09. The van der Waals surface area contributed by atoms with Crippen LogP contribution in [-0.2, 0) is 4.79 Å². The Balaban J connectivity index is 2.34. The first kappa shape index (κ1) is 11.8. The quantitative estimate of drug-likeness (QED) is 0.833. The number of carboxylic acids is 1. The van der Waals surface area contributed by atoms with E-state index in [0.717, 1.165) is 17.7 Å². The number of carbonyl (C=O) groups excluding carboxylic acids is 1. The Bertz CT molecular complexity index is 600. The lowest BCUT2D eigenvalue weighted by atomic mass is 10.2. The summed E-state index contributed by atoms with van der Waals surface area (Å²) in [5, 5.41) is 8.48. The molecular formula is C13H10N2O3. The fraction of sp³-hybridized carbons (Fsp3) is 0. The number of hydrogen-bond acceptors (Lipinski definition) is 3. The second-order valence-corrected chi connectivity index (χ2v) is 3.50. The van der Waals surface area contributed by atoms with Crippen LogP contribution in [0.2, 0.25) is 0 Å². The Labute approximate surface area is 103 Å². The van der Waals surface area contributed by atoms with Gasteiger partial charge in [-0.15, -0.1) is 0 Å². The molecule has 1 N–H and O–H groups in total. The second kappa shape index (κ2) is 5.09. The Morgan fingerprint density at radius 3 is 2.56 bits per heavy atom. The van der Waals surface area contributed by atoms with Gasteiger partial charge >= 0.3 is 5.97 Å². The summed E-state index contributed by atoms with van der Waals surface area (Å²) in [6, 6.07) is 9.20. The van der Waals surface area contributed by atoms with Gasteiger partial charge in [-0.05, 0) is 0 Å². The first-order chi connectivity index (χ1) is 8.68. The molecule has 1 aromatic heterocycles. The molecule has 0 aliphatic heterocycles. The molecule has 0 aliphatic carbocycles. The highest BCUT2D eigenvalue weighted by Crippen LogP contribution is 2.16. The van der Waals surface area contributed by atoms with Crippen LogP contribution in [0, 0.1) is 0 Å². The first-order valence-electron chi connectivity index (χ1n) is 5.22. The highest BCUT2D eigenvalue weighted by atomic mass is 16.4. The van der Waals surface area contributed by atoms with Crippen molar-refractivity contribution < 1.29 is 14.7 Å². The molecule has 1 aromatic carbocycles. The molecule has 0 spiro atoms. The van der Waals surface area contributed by atoms with Crippen LogP contribution in [0.1, 0.15) is 4.79 Å². The monoisotopic (exact) mass is 242 g/mol. The molecular weight excluding hydrogens is 232 g/mol. The first-order valence-corrected chi connectivity index (χ1v) is 5.22. The van der Waals surface area contributed by atoms with Crippen LogP contribution in [0.25, 0.3) is 11.4 Å². The molecule has 0 atom stereocenters. The minimum atomic E-state index is -1.16. The summed E-state index contributed by atoms with van der Waals surface area (Å²) in [4.78, 5) is 26.2. The molecule has 5 heteroatoms. The van der Waals surface area contributed by atoms with Gasteiger partial charge in [-0.3, -0.25) is 9.36 Å². The van der Waals surface area contributed by atoms with E-state index in [2.05, 4.69) is 4.98 Å². The molecule has 0 unspecified atom stereocenters. The van der Waals surface area contributed by atoms with Gasteiger partial charge in [0, 0.05) is 30.1 Å². The molecule has 18 heavy (non-hydrogen) atoms. The number of allylic oxidation sites excluding steroid dienone is 1. The Morgan fingerprint density at radius 1 is 1.17 bits per heavy atom. The summed E-state index contributed by atoms with van der Waals surface area (Å²) < 4.78 is 1.30. The minimum Gasteiger partial charge on any atom is -0.478 e. The summed E-state index contributed by atoms with van der Waals surface area (Å²) in [5.41, 5.74) is 0.791. The summed E-state index contributed by atoms with van der Waals surface area (Å²) in [6.45, 7) is 0. The van der Waals surface area contributed by atoms with Gasteiger partial charge in [0.05, 0.1) is 0 Å². The van der Waals surface area contributed by atoms with Crippen LogP contribution in [0.5, 0.6) is 0 Å². The Morgan fingerprint density at radius 2 is 1.89 bits per heavy atom. The van der Waals surface area contributed by atoms with Crippen molar-refractivity contribution in [3.05, 3.63) is 54.9 Å². The number of aromatic nitrogens is 2. The van der Waals surface area contributed by atoms with Gasteiger partial charge in [-0.25, -0.2) is 9.78 Å². The van der Waals surface area contributed by atoms with Crippen molar-refractivity contribution in [1.82, 2.24) is 9.55 Å². The molecule has 2 rings (SSSR count). The van der Waals surface area contributed by atoms with E-state index in [1.54, 1.807) is 0 Å². The Hall–Kier alpha value is -2.69. The molecule has 0 saturated carbocycles. The predicted molar refractivity (Wildman–Crippen MR) is 65.1 cm³/mol. The third kappa shape index (κ3) is 2.52. The molecule has 0 aliphatic rings. The van der Waals surface area contributed by atoms with Crippen LogP contribution >= 0.6 is 0 Å². The molecule has 0 bridgehead atoms. The van der Waals surface area contributed by atoms with Crippen LogP contribution in [0.15, 0.2) is 54.9 Å². The standard InChI is InChI=1S/C13H10N2O3/c16-11(6-7-12(17)18)15-9-8-14-13(15)10-4-2-1-3-5-10/h1-9H,(H,17,18). The van der Waals surface area contributed by atoms with Gasteiger partial charge in [0.1, 0.15) is 5.82 Å². The largest absolute Gasteiger partial charge is 0.478 e. The molecule has 5 nitrogen and oxygen atoms in total. The molecule has 2 aromatic rings. The van der Waals surface area contributed by atoms with E-state index < -0.39 is 11.9 Å². The zero-order valence-corrected chi connectivity index (χ0v) is 9.35. The van der Waals surface area contributed by atoms with Gasteiger partial charge in [-0.1, -0.05) is 30.3 Å². The number of carbonyl (C=O) groups is 2. The lowest BCUT2D eigenvalue weighted by Gasteiger charge is -2.03. The number of nitrogens with zero attached hydrogens (tertiary/aromatic N) is 2. The number of aliphatic carboxylic acids is 1. The number of carboxylic acid groups (broad SMARTS) is 1. The van der Waals surface area contributed by atoms with E-state index in [1.165, 1.54) is 17.0 Å². The number of benzene rings is 1. The zero-order chi connectivity index (χ0) is 13.0.